The minimum absolute atomic E-state index is 0.0599. The van der Waals surface area contributed by atoms with Crippen LogP contribution in [0.5, 0.6) is 0 Å². The molecule has 0 spiro atoms. The molecule has 6 nitrogen and oxygen atoms in total. The van der Waals surface area contributed by atoms with Crippen LogP contribution in [0.15, 0.2) is 24.3 Å². The summed E-state index contributed by atoms with van der Waals surface area (Å²) < 4.78 is 0. The Morgan fingerprint density at radius 2 is 1.88 bits per heavy atom. The summed E-state index contributed by atoms with van der Waals surface area (Å²) >= 11 is 7.56. The monoisotopic (exact) mass is 394 g/mol. The molecule has 0 atom stereocenters. The number of benzene rings is 1. The van der Waals surface area contributed by atoms with Crippen molar-refractivity contribution in [2.75, 3.05) is 39.0 Å². The highest BCUT2D eigenvalue weighted by Gasteiger charge is 2.21. The molecule has 2 aromatic rings. The molecule has 0 fully saturated rings. The number of carbonyl (C=O) groups is 2. The molecule has 0 aliphatic heterocycles. The topological polar surface area (TPSA) is 65.5 Å². The number of carbonyl (C=O) groups excluding carboxylic acids is 2. The summed E-state index contributed by atoms with van der Waals surface area (Å²) in [6.07, 6.45) is 0. The van der Waals surface area contributed by atoms with E-state index in [-0.39, 0.29) is 18.4 Å². The van der Waals surface area contributed by atoms with E-state index in [9.17, 15) is 9.59 Å². The van der Waals surface area contributed by atoms with Crippen molar-refractivity contribution in [3.63, 3.8) is 0 Å². The first-order valence-corrected chi connectivity index (χ1v) is 9.39. The van der Waals surface area contributed by atoms with Gasteiger partial charge in [-0.05, 0) is 40.1 Å². The van der Waals surface area contributed by atoms with Crippen LogP contribution in [-0.2, 0) is 4.79 Å². The lowest BCUT2D eigenvalue weighted by atomic mass is 10.2. The maximum absolute atomic E-state index is 12.9. The van der Waals surface area contributed by atoms with Gasteiger partial charge < -0.3 is 15.1 Å². The summed E-state index contributed by atoms with van der Waals surface area (Å²) in [6, 6.07) is 6.85. The van der Waals surface area contributed by atoms with Crippen LogP contribution < -0.4 is 5.32 Å². The fourth-order valence-electron chi connectivity index (χ4n) is 2.24. The highest BCUT2D eigenvalue weighted by Crippen LogP contribution is 2.21. The Bertz CT molecular complexity index is 772. The lowest BCUT2D eigenvalue weighted by Crippen LogP contribution is -2.41. The predicted octanol–water partition coefficient (Wildman–Crippen LogP) is 3.06. The Hall–Kier alpha value is -1.96. The molecule has 2 amide bonds. The predicted molar refractivity (Wildman–Crippen MR) is 106 cm³/mol. The third-order valence-corrected chi connectivity index (χ3v) is 5.14. The maximum atomic E-state index is 12.9. The highest BCUT2D eigenvalue weighted by molar-refractivity contribution is 7.15. The zero-order valence-electron chi connectivity index (χ0n) is 15.4. The fourth-order valence-corrected chi connectivity index (χ4v) is 3.28. The Morgan fingerprint density at radius 1 is 1.19 bits per heavy atom. The Balaban J connectivity index is 2.12. The van der Waals surface area contributed by atoms with Crippen molar-refractivity contribution < 1.29 is 9.59 Å². The van der Waals surface area contributed by atoms with Crippen LogP contribution in [0, 0.1) is 13.8 Å². The van der Waals surface area contributed by atoms with Gasteiger partial charge in [-0.15, -0.1) is 11.3 Å². The van der Waals surface area contributed by atoms with Crippen molar-refractivity contribution in [1.29, 1.82) is 0 Å². The second-order valence-corrected chi connectivity index (χ2v) is 7.83. The van der Waals surface area contributed by atoms with Gasteiger partial charge >= 0.3 is 0 Å². The van der Waals surface area contributed by atoms with Gasteiger partial charge in [0.2, 0.25) is 5.91 Å². The van der Waals surface area contributed by atoms with Crippen LogP contribution in [0.1, 0.15) is 20.9 Å². The molecule has 0 bridgehead atoms. The van der Waals surface area contributed by atoms with Crippen LogP contribution in [0.3, 0.4) is 0 Å². The molecule has 1 N–H and O–H groups in total. The zero-order valence-corrected chi connectivity index (χ0v) is 16.9. The van der Waals surface area contributed by atoms with Crippen molar-refractivity contribution >= 4 is 39.9 Å². The zero-order chi connectivity index (χ0) is 19.3. The number of hydrogen-bond acceptors (Lipinski definition) is 5. The second kappa shape index (κ2) is 9.12. The minimum atomic E-state index is -0.280. The summed E-state index contributed by atoms with van der Waals surface area (Å²) in [4.78, 5) is 34.1. The third kappa shape index (κ3) is 5.52. The molecular weight excluding hydrogens is 372 g/mol. The fraction of sp³-hybridized carbons (Fsp3) is 0.389. The van der Waals surface area contributed by atoms with E-state index in [2.05, 4.69) is 10.3 Å². The van der Waals surface area contributed by atoms with Crippen LogP contribution in [0.4, 0.5) is 5.13 Å². The largest absolute Gasteiger partial charge is 0.328 e. The number of amides is 2. The molecule has 1 aromatic carbocycles. The summed E-state index contributed by atoms with van der Waals surface area (Å²) in [6.45, 7) is 4.84. The van der Waals surface area contributed by atoms with Gasteiger partial charge in [0.15, 0.2) is 5.13 Å². The van der Waals surface area contributed by atoms with Crippen molar-refractivity contribution in [3.8, 4) is 0 Å². The molecule has 2 rings (SSSR count). The van der Waals surface area contributed by atoms with Crippen molar-refractivity contribution in [2.45, 2.75) is 13.8 Å². The van der Waals surface area contributed by atoms with E-state index in [4.69, 9.17) is 11.6 Å². The lowest BCUT2D eigenvalue weighted by molar-refractivity contribution is -0.116. The number of nitrogens with zero attached hydrogens (tertiary/aromatic N) is 3. The molecule has 0 radical (unpaired) electrons. The molecule has 0 unspecified atom stereocenters. The number of nitrogens with one attached hydrogen (secondary N) is 1. The molecule has 0 aliphatic rings. The summed E-state index contributed by atoms with van der Waals surface area (Å²) in [5.74, 6) is -0.544. The molecule has 0 aliphatic carbocycles. The smallest absolute Gasteiger partial charge is 0.255 e. The standard InChI is InChI=1S/C18H23ClN4O2S/c1-12-13(2)26-18(20-12)21-16(24)11-23(10-9-22(3)4)17(25)14-7-5-6-8-15(14)19/h5-8H,9-11H2,1-4H3,(H,20,21,24). The van der Waals surface area contributed by atoms with E-state index in [1.807, 2.05) is 32.8 Å². The molecule has 140 valence electrons. The summed E-state index contributed by atoms with van der Waals surface area (Å²) in [7, 11) is 3.83. The normalized spacial score (nSPS) is 10.8. The van der Waals surface area contributed by atoms with E-state index in [0.29, 0.717) is 28.8 Å². The van der Waals surface area contributed by atoms with Gasteiger partial charge in [0.05, 0.1) is 16.3 Å². The van der Waals surface area contributed by atoms with Crippen LogP contribution >= 0.6 is 22.9 Å². The number of likely N-dealkylation sites (N-methyl/N-ethyl adjacent to an activating group) is 1. The Labute approximate surface area is 162 Å². The van der Waals surface area contributed by atoms with E-state index in [0.717, 1.165) is 10.6 Å². The molecule has 0 saturated heterocycles. The first-order chi connectivity index (χ1) is 12.3. The molecular formula is C18H23ClN4O2S. The number of rotatable bonds is 7. The van der Waals surface area contributed by atoms with Gasteiger partial charge in [0, 0.05) is 18.0 Å². The summed E-state index contributed by atoms with van der Waals surface area (Å²) in [5.41, 5.74) is 1.28. The van der Waals surface area contributed by atoms with Crippen LogP contribution in [0.2, 0.25) is 5.02 Å². The van der Waals surface area contributed by atoms with E-state index >= 15 is 0 Å². The van der Waals surface area contributed by atoms with E-state index in [1.165, 1.54) is 16.2 Å². The first-order valence-electron chi connectivity index (χ1n) is 8.20. The van der Waals surface area contributed by atoms with Crippen molar-refractivity contribution in [1.82, 2.24) is 14.8 Å². The molecule has 0 saturated carbocycles. The number of aryl methyl sites for hydroxylation is 2. The number of thiazole rings is 1. The van der Waals surface area contributed by atoms with Gasteiger partial charge in [-0.25, -0.2) is 4.98 Å². The van der Waals surface area contributed by atoms with E-state index < -0.39 is 0 Å². The van der Waals surface area contributed by atoms with Gasteiger partial charge in [0.1, 0.15) is 6.54 Å². The van der Waals surface area contributed by atoms with Gasteiger partial charge in [-0.2, -0.15) is 0 Å². The van der Waals surface area contributed by atoms with Gasteiger partial charge in [-0.3, -0.25) is 9.59 Å². The third-order valence-electron chi connectivity index (χ3n) is 3.82. The molecule has 8 heteroatoms. The van der Waals surface area contributed by atoms with Crippen LogP contribution in [-0.4, -0.2) is 60.3 Å². The maximum Gasteiger partial charge on any atom is 0.255 e. The van der Waals surface area contributed by atoms with Crippen LogP contribution in [0.25, 0.3) is 0 Å². The number of aromatic nitrogens is 1. The second-order valence-electron chi connectivity index (χ2n) is 6.22. The summed E-state index contributed by atoms with van der Waals surface area (Å²) in [5, 5.41) is 3.69. The average molecular weight is 395 g/mol. The highest BCUT2D eigenvalue weighted by atomic mass is 35.5. The molecule has 1 aromatic heterocycles. The van der Waals surface area contributed by atoms with Gasteiger partial charge in [-0.1, -0.05) is 23.7 Å². The first kappa shape index (κ1) is 20.4. The van der Waals surface area contributed by atoms with Gasteiger partial charge in [0.25, 0.3) is 5.91 Å². The molecule has 26 heavy (non-hydrogen) atoms. The quantitative estimate of drug-likeness (QED) is 0.783. The Kier molecular flexibility index (Phi) is 7.14. The minimum Gasteiger partial charge on any atom is -0.328 e. The number of halogens is 1. The Morgan fingerprint density at radius 3 is 2.46 bits per heavy atom. The number of anilines is 1. The van der Waals surface area contributed by atoms with Crippen molar-refractivity contribution in [3.05, 3.63) is 45.4 Å². The average Bonchev–Trinajstić information content (AvgIpc) is 2.88. The number of hydrogen-bond donors (Lipinski definition) is 1. The SMILES string of the molecule is Cc1nc(NC(=O)CN(CCN(C)C)C(=O)c2ccccc2Cl)sc1C. The van der Waals surface area contributed by atoms with E-state index in [1.54, 1.807) is 24.3 Å². The molecule has 1 heterocycles. The van der Waals surface area contributed by atoms with Crippen molar-refractivity contribution in [2.24, 2.45) is 0 Å². The lowest BCUT2D eigenvalue weighted by Gasteiger charge is -2.24.